The molecule has 52 valence electrons. The molecule has 1 saturated carbocycles. The quantitative estimate of drug-likeness (QED) is 0.563. The van der Waals surface area contributed by atoms with E-state index in [4.69, 9.17) is 0 Å². The van der Waals surface area contributed by atoms with Gasteiger partial charge in [0.15, 0.2) is 5.16 Å². The van der Waals surface area contributed by atoms with Crippen LogP contribution in [0, 0.1) is 0 Å². The lowest BCUT2D eigenvalue weighted by atomic mass is 9.92. The maximum Gasteiger partial charge on any atom is 0.168 e. The molecule has 0 radical (unpaired) electrons. The summed E-state index contributed by atoms with van der Waals surface area (Å²) in [6, 6.07) is 0.794. The fourth-order valence-electron chi connectivity index (χ4n) is 1.69. The van der Waals surface area contributed by atoms with Crippen molar-refractivity contribution in [2.75, 3.05) is 0 Å². The van der Waals surface area contributed by atoms with Crippen molar-refractivity contribution in [3.63, 3.8) is 0 Å². The first-order valence-electron chi connectivity index (χ1n) is 3.64. The lowest BCUT2D eigenvalue weighted by molar-refractivity contribution is 0.330. The average Bonchev–Trinajstić information content (AvgIpc) is 2.35. The van der Waals surface area contributed by atoms with Crippen LogP contribution in [0.1, 0.15) is 18.9 Å². The van der Waals surface area contributed by atoms with Crippen molar-refractivity contribution in [2.24, 2.45) is 0 Å². The molecule has 0 N–H and O–H groups in total. The second-order valence-electron chi connectivity index (χ2n) is 2.92. The minimum atomic E-state index is 0.794. The van der Waals surface area contributed by atoms with E-state index in [9.17, 15) is 0 Å². The largest absolute Gasteiger partial charge is 0.322 e. The van der Waals surface area contributed by atoms with Crippen molar-refractivity contribution in [1.82, 2.24) is 9.55 Å². The van der Waals surface area contributed by atoms with Crippen LogP contribution >= 0.6 is 11.8 Å². The molecule has 1 fully saturated rings. The fraction of sp³-hybridized carbons (Fsp3) is 0.571. The Morgan fingerprint density at radius 3 is 3.40 bits per heavy atom. The van der Waals surface area contributed by atoms with Crippen LogP contribution in [0.15, 0.2) is 17.6 Å². The normalized spacial score (nSPS) is 34.8. The monoisotopic (exact) mass is 152 g/mol. The summed E-state index contributed by atoms with van der Waals surface area (Å²) in [5, 5.41) is 2.09. The van der Waals surface area contributed by atoms with Crippen LogP contribution in [0.3, 0.4) is 0 Å². The van der Waals surface area contributed by atoms with E-state index < -0.39 is 0 Å². The van der Waals surface area contributed by atoms with Crippen LogP contribution in [0.4, 0.5) is 0 Å². The van der Waals surface area contributed by atoms with Gasteiger partial charge in [-0.3, -0.25) is 0 Å². The predicted octanol–water partition coefficient (Wildman–Crippen LogP) is 1.69. The van der Waals surface area contributed by atoms with Gasteiger partial charge in [-0.1, -0.05) is 11.8 Å². The average molecular weight is 152 g/mol. The van der Waals surface area contributed by atoms with Gasteiger partial charge in [0, 0.05) is 23.7 Å². The van der Waals surface area contributed by atoms with E-state index in [0.29, 0.717) is 0 Å². The fourth-order valence-corrected chi connectivity index (χ4v) is 3.07. The summed E-state index contributed by atoms with van der Waals surface area (Å²) in [7, 11) is 0. The highest BCUT2D eigenvalue weighted by Gasteiger charge is 2.40. The molecule has 2 aliphatic rings. The number of nitrogens with zero attached hydrogens (tertiary/aromatic N) is 2. The summed E-state index contributed by atoms with van der Waals surface area (Å²) < 4.78 is 2.32. The summed E-state index contributed by atoms with van der Waals surface area (Å²) in [6.45, 7) is 0. The van der Waals surface area contributed by atoms with Gasteiger partial charge in [-0.05, 0) is 12.8 Å². The molecule has 2 nitrogen and oxygen atoms in total. The molecular weight excluding hydrogens is 144 g/mol. The van der Waals surface area contributed by atoms with Crippen LogP contribution in [0.5, 0.6) is 0 Å². The highest BCUT2D eigenvalue weighted by Crippen LogP contribution is 2.50. The van der Waals surface area contributed by atoms with Crippen molar-refractivity contribution >= 4 is 11.8 Å². The Morgan fingerprint density at radius 1 is 1.60 bits per heavy atom. The first kappa shape index (κ1) is 5.24. The molecule has 3 heteroatoms. The zero-order valence-corrected chi connectivity index (χ0v) is 6.34. The molecular formula is C7H8N2S. The number of hydrogen-bond donors (Lipinski definition) is 0. The van der Waals surface area contributed by atoms with Crippen LogP contribution in [-0.4, -0.2) is 14.8 Å². The molecule has 0 bridgehead atoms. The molecule has 1 aliphatic carbocycles. The minimum absolute atomic E-state index is 0.794. The number of thioether (sulfide) groups is 1. The maximum atomic E-state index is 4.26. The molecule has 0 aromatic carbocycles. The SMILES string of the molecule is c1cn2c(n1)SC1CC[C@H]12. The zero-order chi connectivity index (χ0) is 6.55. The number of hydrogen-bond acceptors (Lipinski definition) is 2. The lowest BCUT2D eigenvalue weighted by Gasteiger charge is -2.29. The van der Waals surface area contributed by atoms with Crippen molar-refractivity contribution in [3.05, 3.63) is 12.4 Å². The Hall–Kier alpha value is -0.440. The Kier molecular flexibility index (Phi) is 0.832. The van der Waals surface area contributed by atoms with Gasteiger partial charge < -0.3 is 4.57 Å². The summed E-state index contributed by atoms with van der Waals surface area (Å²) in [5.41, 5.74) is 0. The van der Waals surface area contributed by atoms with Gasteiger partial charge in [-0.25, -0.2) is 4.98 Å². The van der Waals surface area contributed by atoms with E-state index in [1.54, 1.807) is 0 Å². The molecule has 1 unspecified atom stereocenters. The van der Waals surface area contributed by atoms with Gasteiger partial charge in [0.2, 0.25) is 0 Å². The number of fused-ring (bicyclic) bond motifs is 3. The number of aromatic nitrogens is 2. The maximum absolute atomic E-state index is 4.26. The predicted molar refractivity (Wildman–Crippen MR) is 40.1 cm³/mol. The third-order valence-corrected chi connectivity index (χ3v) is 3.80. The molecule has 1 aromatic rings. The Balaban J connectivity index is 2.13. The van der Waals surface area contributed by atoms with E-state index in [-0.39, 0.29) is 0 Å². The first-order valence-corrected chi connectivity index (χ1v) is 4.52. The zero-order valence-electron chi connectivity index (χ0n) is 5.53. The highest BCUT2D eigenvalue weighted by molar-refractivity contribution is 8.00. The van der Waals surface area contributed by atoms with Gasteiger partial charge in [-0.2, -0.15) is 0 Å². The molecule has 10 heavy (non-hydrogen) atoms. The van der Waals surface area contributed by atoms with Crippen LogP contribution in [-0.2, 0) is 0 Å². The topological polar surface area (TPSA) is 17.8 Å². The van der Waals surface area contributed by atoms with Crippen molar-refractivity contribution < 1.29 is 0 Å². The molecule has 0 saturated heterocycles. The van der Waals surface area contributed by atoms with Crippen LogP contribution in [0.25, 0.3) is 0 Å². The second-order valence-corrected chi connectivity index (χ2v) is 4.12. The standard InChI is InChI=1S/C7H8N2S/c1-2-6-5(1)9-4-3-8-7(9)10-6/h3-6H,1-2H2/t5-,6?/m1/s1. The summed E-state index contributed by atoms with van der Waals surface area (Å²) >= 11 is 1.94. The van der Waals surface area contributed by atoms with Crippen molar-refractivity contribution in [2.45, 2.75) is 29.3 Å². The molecule has 1 aliphatic heterocycles. The van der Waals surface area contributed by atoms with E-state index in [1.807, 2.05) is 18.0 Å². The lowest BCUT2D eigenvalue weighted by Crippen LogP contribution is -2.25. The van der Waals surface area contributed by atoms with Gasteiger partial charge in [0.1, 0.15) is 0 Å². The minimum Gasteiger partial charge on any atom is -0.322 e. The molecule has 3 rings (SSSR count). The van der Waals surface area contributed by atoms with Crippen LogP contribution in [0.2, 0.25) is 0 Å². The summed E-state index contributed by atoms with van der Waals surface area (Å²) in [6.07, 6.45) is 6.75. The van der Waals surface area contributed by atoms with Gasteiger partial charge >= 0.3 is 0 Å². The van der Waals surface area contributed by atoms with E-state index in [0.717, 1.165) is 11.3 Å². The summed E-state index contributed by atoms with van der Waals surface area (Å²) in [5.74, 6) is 0. The third kappa shape index (κ3) is 0.461. The van der Waals surface area contributed by atoms with E-state index in [2.05, 4.69) is 15.7 Å². The molecule has 2 heterocycles. The van der Waals surface area contributed by atoms with Crippen molar-refractivity contribution in [1.29, 1.82) is 0 Å². The third-order valence-electron chi connectivity index (χ3n) is 2.42. The molecule has 1 aromatic heterocycles. The van der Waals surface area contributed by atoms with Crippen LogP contribution < -0.4 is 0 Å². The Labute approximate surface area is 63.6 Å². The summed E-state index contributed by atoms with van der Waals surface area (Å²) in [4.78, 5) is 4.26. The molecule has 0 amide bonds. The number of imidazole rings is 1. The van der Waals surface area contributed by atoms with Gasteiger partial charge in [-0.15, -0.1) is 0 Å². The Morgan fingerprint density at radius 2 is 2.60 bits per heavy atom. The molecule has 0 spiro atoms. The number of rotatable bonds is 0. The smallest absolute Gasteiger partial charge is 0.168 e. The van der Waals surface area contributed by atoms with Crippen molar-refractivity contribution in [3.8, 4) is 0 Å². The van der Waals surface area contributed by atoms with Gasteiger partial charge in [0.05, 0.1) is 0 Å². The second kappa shape index (κ2) is 1.59. The highest BCUT2D eigenvalue weighted by atomic mass is 32.2. The van der Waals surface area contributed by atoms with E-state index in [1.165, 1.54) is 18.0 Å². The molecule has 2 atom stereocenters. The van der Waals surface area contributed by atoms with Gasteiger partial charge in [0.25, 0.3) is 0 Å². The first-order chi connectivity index (χ1) is 4.95. The Bertz CT molecular complexity index is 268. The van der Waals surface area contributed by atoms with E-state index >= 15 is 0 Å².